The van der Waals surface area contributed by atoms with E-state index in [1.54, 1.807) is 0 Å². The normalized spacial score (nSPS) is 12.4. The predicted molar refractivity (Wildman–Crippen MR) is 74.9 cm³/mol. The van der Waals surface area contributed by atoms with E-state index in [9.17, 15) is 26.1 Å². The molecular weight excluding hydrogens is 403 g/mol. The van der Waals surface area contributed by atoms with Crippen molar-refractivity contribution in [2.24, 2.45) is 0 Å². The summed E-state index contributed by atoms with van der Waals surface area (Å²) < 4.78 is 71.1. The molecule has 0 saturated carbocycles. The van der Waals surface area contributed by atoms with Crippen LogP contribution in [-0.2, 0) is 22.8 Å². The Kier molecular flexibility index (Phi) is 5.01. The second-order valence-corrected chi connectivity index (χ2v) is 6.87. The van der Waals surface area contributed by atoms with Gasteiger partial charge in [-0.3, -0.25) is 4.98 Å². The van der Waals surface area contributed by atoms with Crippen LogP contribution in [0, 0.1) is 0 Å². The monoisotopic (exact) mass is 411 g/mol. The first-order chi connectivity index (χ1) is 10.6. The summed E-state index contributed by atoms with van der Waals surface area (Å²) in [5.41, 5.74) is -0.398. The highest BCUT2D eigenvalue weighted by Crippen LogP contribution is 2.29. The van der Waals surface area contributed by atoms with Crippen molar-refractivity contribution in [3.8, 4) is 11.3 Å². The van der Waals surface area contributed by atoms with Gasteiger partial charge in [0.25, 0.3) is 0 Å². The van der Waals surface area contributed by atoms with E-state index >= 15 is 0 Å². The number of aromatic nitrogens is 3. The minimum absolute atomic E-state index is 0.0383. The number of alkyl halides is 3. The molecular formula is C12H9BrF3N3O3S. The second kappa shape index (κ2) is 6.49. The van der Waals surface area contributed by atoms with Gasteiger partial charge < -0.3 is 4.55 Å². The van der Waals surface area contributed by atoms with Gasteiger partial charge in [0.1, 0.15) is 10.1 Å². The number of nitrogens with zero attached hydrogens (tertiary/aromatic N) is 3. The fourth-order valence-corrected chi connectivity index (χ4v) is 2.72. The van der Waals surface area contributed by atoms with E-state index in [1.807, 2.05) is 0 Å². The van der Waals surface area contributed by atoms with E-state index in [2.05, 4.69) is 25.9 Å². The highest BCUT2D eigenvalue weighted by Gasteiger charge is 2.32. The smallest absolute Gasteiger partial charge is 0.434 e. The highest BCUT2D eigenvalue weighted by atomic mass is 79.9. The van der Waals surface area contributed by atoms with Crippen molar-refractivity contribution in [3.05, 3.63) is 41.0 Å². The topological polar surface area (TPSA) is 86.9 Å². The highest BCUT2D eigenvalue weighted by molar-refractivity contribution is 9.10. The SMILES string of the molecule is O=S(=O)([O-])CC[n+]1ccc(-c2cnc(C(F)(F)F)cn2)c(Br)c1. The molecule has 2 aromatic heterocycles. The number of aryl methyl sites for hydroxylation is 1. The minimum Gasteiger partial charge on any atom is -0.748 e. The lowest BCUT2D eigenvalue weighted by Crippen LogP contribution is -2.36. The van der Waals surface area contributed by atoms with E-state index in [4.69, 9.17) is 0 Å². The predicted octanol–water partition coefficient (Wildman–Crippen LogP) is 1.76. The number of hydrogen-bond acceptors (Lipinski definition) is 5. The Hall–Kier alpha value is -1.59. The molecule has 0 fully saturated rings. The molecule has 0 aromatic carbocycles. The fourth-order valence-electron chi connectivity index (χ4n) is 1.69. The Morgan fingerprint density at radius 3 is 2.43 bits per heavy atom. The Morgan fingerprint density at radius 1 is 1.26 bits per heavy atom. The van der Waals surface area contributed by atoms with Crippen molar-refractivity contribution in [2.75, 3.05) is 5.75 Å². The molecule has 0 aliphatic heterocycles. The zero-order chi connectivity index (χ0) is 17.3. The van der Waals surface area contributed by atoms with Gasteiger partial charge in [-0.15, -0.1) is 0 Å². The number of rotatable bonds is 4. The van der Waals surface area contributed by atoms with Crippen molar-refractivity contribution in [1.29, 1.82) is 0 Å². The van der Waals surface area contributed by atoms with Crippen molar-refractivity contribution in [3.63, 3.8) is 0 Å². The molecule has 2 heterocycles. The van der Waals surface area contributed by atoms with Gasteiger partial charge in [0.05, 0.1) is 28.3 Å². The van der Waals surface area contributed by atoms with Crippen LogP contribution in [0.2, 0.25) is 0 Å². The largest absolute Gasteiger partial charge is 0.748 e. The van der Waals surface area contributed by atoms with Crippen molar-refractivity contribution in [1.82, 2.24) is 9.97 Å². The second-order valence-electron chi connectivity index (χ2n) is 4.49. The molecule has 23 heavy (non-hydrogen) atoms. The standard InChI is InChI=1S/C12H9BrF3N3O3S/c13-9-7-19(3-4-23(20,21)22)2-1-8(9)10-5-18-11(6-17-10)12(14,15)16/h1-2,5-7H,3-4H2. The third-order valence-electron chi connectivity index (χ3n) is 2.79. The van der Waals surface area contributed by atoms with E-state index in [0.29, 0.717) is 16.2 Å². The van der Waals surface area contributed by atoms with Crippen LogP contribution in [0.3, 0.4) is 0 Å². The van der Waals surface area contributed by atoms with Crippen molar-refractivity contribution < 1.29 is 30.7 Å². The van der Waals surface area contributed by atoms with E-state index in [-0.39, 0.29) is 12.2 Å². The Labute approximate surface area is 137 Å². The van der Waals surface area contributed by atoms with Gasteiger partial charge in [-0.1, -0.05) is 0 Å². The molecule has 0 radical (unpaired) electrons. The maximum absolute atomic E-state index is 12.4. The summed E-state index contributed by atoms with van der Waals surface area (Å²) in [6, 6.07) is 1.53. The maximum atomic E-state index is 12.4. The summed E-state index contributed by atoms with van der Waals surface area (Å²) in [7, 11) is -4.33. The Bertz CT molecular complexity index is 811. The van der Waals surface area contributed by atoms with Crippen LogP contribution in [-0.4, -0.2) is 28.7 Å². The molecule has 2 rings (SSSR count). The Morgan fingerprint density at radius 2 is 1.96 bits per heavy atom. The maximum Gasteiger partial charge on any atom is 0.434 e. The number of halogens is 4. The van der Waals surface area contributed by atoms with Crippen LogP contribution in [0.4, 0.5) is 13.2 Å². The summed E-state index contributed by atoms with van der Waals surface area (Å²) in [5, 5.41) is 0. The molecule has 0 unspecified atom stereocenters. The van der Waals surface area contributed by atoms with Gasteiger partial charge in [-0.25, -0.2) is 18.0 Å². The summed E-state index contributed by atoms with van der Waals surface area (Å²) in [6.07, 6.45) is 0.0545. The van der Waals surface area contributed by atoms with Crippen LogP contribution < -0.4 is 4.57 Å². The molecule has 11 heteroatoms. The number of hydrogen-bond donors (Lipinski definition) is 0. The molecule has 0 bridgehead atoms. The molecule has 124 valence electrons. The molecule has 6 nitrogen and oxygen atoms in total. The van der Waals surface area contributed by atoms with Gasteiger partial charge in [0.15, 0.2) is 24.6 Å². The van der Waals surface area contributed by atoms with Gasteiger partial charge in [0, 0.05) is 11.6 Å². The first kappa shape index (κ1) is 17.8. The van der Waals surface area contributed by atoms with E-state index < -0.39 is 27.7 Å². The van der Waals surface area contributed by atoms with Gasteiger partial charge in [-0.05, 0) is 15.9 Å². The average Bonchev–Trinajstić information content (AvgIpc) is 2.44. The summed E-state index contributed by atoms with van der Waals surface area (Å²) >= 11 is 3.22. The lowest BCUT2D eigenvalue weighted by Gasteiger charge is -2.07. The molecule has 0 atom stereocenters. The van der Waals surface area contributed by atoms with Gasteiger partial charge in [-0.2, -0.15) is 13.2 Å². The van der Waals surface area contributed by atoms with Crippen molar-refractivity contribution >= 4 is 26.0 Å². The lowest BCUT2D eigenvalue weighted by molar-refractivity contribution is -0.693. The van der Waals surface area contributed by atoms with Crippen LogP contribution >= 0.6 is 15.9 Å². The van der Waals surface area contributed by atoms with Gasteiger partial charge >= 0.3 is 6.18 Å². The summed E-state index contributed by atoms with van der Waals surface area (Å²) in [4.78, 5) is 7.05. The van der Waals surface area contributed by atoms with Crippen LogP contribution in [0.5, 0.6) is 0 Å². The number of pyridine rings is 1. The minimum atomic E-state index is -4.56. The summed E-state index contributed by atoms with van der Waals surface area (Å²) in [6.45, 7) is -0.0383. The zero-order valence-electron chi connectivity index (χ0n) is 11.3. The van der Waals surface area contributed by atoms with Gasteiger partial charge in [0.2, 0.25) is 0 Å². The summed E-state index contributed by atoms with van der Waals surface area (Å²) in [5.74, 6) is -0.566. The third kappa shape index (κ3) is 4.94. The first-order valence-corrected chi connectivity index (χ1v) is 8.45. The molecule has 0 spiro atoms. The van der Waals surface area contributed by atoms with Crippen LogP contribution in [0.15, 0.2) is 35.3 Å². The Balaban J connectivity index is 2.24. The zero-order valence-corrected chi connectivity index (χ0v) is 13.7. The molecule has 0 amide bonds. The lowest BCUT2D eigenvalue weighted by atomic mass is 10.2. The molecule has 2 aromatic rings. The van der Waals surface area contributed by atoms with E-state index in [0.717, 1.165) is 6.20 Å². The molecule has 0 saturated heterocycles. The molecule has 0 aliphatic carbocycles. The third-order valence-corrected chi connectivity index (χ3v) is 4.10. The average molecular weight is 412 g/mol. The fraction of sp³-hybridized carbons (Fsp3) is 0.250. The quantitative estimate of drug-likeness (QED) is 0.564. The first-order valence-electron chi connectivity index (χ1n) is 6.08. The molecule has 0 aliphatic rings. The molecule has 0 N–H and O–H groups in total. The van der Waals surface area contributed by atoms with Crippen LogP contribution in [0.1, 0.15) is 5.69 Å². The van der Waals surface area contributed by atoms with Crippen LogP contribution in [0.25, 0.3) is 11.3 Å². The van der Waals surface area contributed by atoms with E-state index in [1.165, 1.54) is 23.0 Å². The van der Waals surface area contributed by atoms with Crippen molar-refractivity contribution in [2.45, 2.75) is 12.7 Å².